The molecule has 0 saturated heterocycles. The van der Waals surface area contributed by atoms with Gasteiger partial charge in [0.15, 0.2) is 0 Å². The van der Waals surface area contributed by atoms with Crippen LogP contribution in [0.15, 0.2) is 60.7 Å². The van der Waals surface area contributed by atoms with Crippen molar-refractivity contribution >= 4 is 6.47 Å². The van der Waals surface area contributed by atoms with Gasteiger partial charge in [-0.05, 0) is 30.5 Å². The maximum atomic E-state index is 8.36. The Balaban J connectivity index is 0.000000677. The van der Waals surface area contributed by atoms with E-state index in [9.17, 15) is 0 Å². The molecule has 3 heteroatoms. The van der Waals surface area contributed by atoms with Gasteiger partial charge < -0.3 is 9.84 Å². The van der Waals surface area contributed by atoms with Crippen LogP contribution >= 0.6 is 0 Å². The Labute approximate surface area is 126 Å². The van der Waals surface area contributed by atoms with E-state index < -0.39 is 0 Å². The number of rotatable bonds is 6. The highest BCUT2D eigenvalue weighted by atomic mass is 16.5. The van der Waals surface area contributed by atoms with Crippen LogP contribution in [0.1, 0.15) is 37.9 Å². The number of ether oxygens (including phenoxy) is 1. The molecule has 112 valence electrons. The molecule has 0 fully saturated rings. The zero-order valence-corrected chi connectivity index (χ0v) is 12.3. The van der Waals surface area contributed by atoms with Gasteiger partial charge in [0.05, 0.1) is 0 Å². The Kier molecular flexibility index (Phi) is 8.38. The predicted molar refractivity (Wildman–Crippen MR) is 84.5 cm³/mol. The number of hydrogen-bond acceptors (Lipinski definition) is 2. The molecule has 1 unspecified atom stereocenters. The first kappa shape index (κ1) is 16.8. The minimum Gasteiger partial charge on any atom is -0.486 e. The number of benzene rings is 2. The van der Waals surface area contributed by atoms with Crippen molar-refractivity contribution in [3.63, 3.8) is 0 Å². The second kappa shape index (κ2) is 10.5. The normalized spacial score (nSPS) is 10.9. The molecule has 21 heavy (non-hydrogen) atoms. The summed E-state index contributed by atoms with van der Waals surface area (Å²) in [5.41, 5.74) is 1.26. The first-order valence-corrected chi connectivity index (χ1v) is 7.16. The number of unbranched alkanes of at least 4 members (excludes halogenated alkanes) is 1. The molecule has 1 atom stereocenters. The molecule has 0 aliphatic carbocycles. The van der Waals surface area contributed by atoms with Crippen molar-refractivity contribution in [3.05, 3.63) is 66.2 Å². The summed E-state index contributed by atoms with van der Waals surface area (Å²) in [6.45, 7) is 1.96. The Bertz CT molecular complexity index is 482. The Morgan fingerprint density at radius 2 is 1.57 bits per heavy atom. The number of hydrogen-bond donors (Lipinski definition) is 1. The molecule has 3 nitrogen and oxygen atoms in total. The fraction of sp³-hybridized carbons (Fsp3) is 0.278. The van der Waals surface area contributed by atoms with Gasteiger partial charge in [-0.2, -0.15) is 0 Å². The molecule has 2 aromatic carbocycles. The van der Waals surface area contributed by atoms with Crippen LogP contribution in [0.2, 0.25) is 0 Å². The Hall–Kier alpha value is -2.29. The summed E-state index contributed by atoms with van der Waals surface area (Å²) in [4.78, 5) is 8.36. The van der Waals surface area contributed by atoms with Crippen LogP contribution in [0.5, 0.6) is 5.75 Å². The van der Waals surface area contributed by atoms with Gasteiger partial charge in [-0.25, -0.2) is 0 Å². The van der Waals surface area contributed by atoms with Crippen molar-refractivity contribution in [1.29, 1.82) is 0 Å². The molecule has 0 saturated carbocycles. The minimum atomic E-state index is -0.250. The summed E-state index contributed by atoms with van der Waals surface area (Å²) in [5, 5.41) is 6.89. The first-order valence-electron chi connectivity index (χ1n) is 7.16. The maximum absolute atomic E-state index is 8.36. The summed E-state index contributed by atoms with van der Waals surface area (Å²) in [6.07, 6.45) is 3.61. The molecule has 0 aliphatic heterocycles. The van der Waals surface area contributed by atoms with Crippen LogP contribution in [-0.2, 0) is 4.79 Å². The van der Waals surface area contributed by atoms with E-state index >= 15 is 0 Å². The van der Waals surface area contributed by atoms with E-state index in [2.05, 4.69) is 31.2 Å². The fourth-order valence-corrected chi connectivity index (χ4v) is 2.01. The van der Waals surface area contributed by atoms with Crippen LogP contribution in [0.25, 0.3) is 0 Å². The molecular weight excluding hydrogens is 264 g/mol. The van der Waals surface area contributed by atoms with E-state index in [1.54, 1.807) is 0 Å². The zero-order chi connectivity index (χ0) is 15.3. The van der Waals surface area contributed by atoms with Gasteiger partial charge in [0.25, 0.3) is 6.47 Å². The largest absolute Gasteiger partial charge is 0.486 e. The van der Waals surface area contributed by atoms with Gasteiger partial charge in [-0.3, -0.25) is 4.79 Å². The van der Waals surface area contributed by atoms with E-state index in [4.69, 9.17) is 14.6 Å². The van der Waals surface area contributed by atoms with E-state index in [1.165, 1.54) is 18.4 Å². The molecule has 0 bridgehead atoms. The summed E-state index contributed by atoms with van der Waals surface area (Å²) in [7, 11) is 0. The highest BCUT2D eigenvalue weighted by molar-refractivity contribution is 5.32. The lowest BCUT2D eigenvalue weighted by Crippen LogP contribution is -2.07. The summed E-state index contributed by atoms with van der Waals surface area (Å²) in [6, 6.07) is 20.5. The quantitative estimate of drug-likeness (QED) is 0.783. The van der Waals surface area contributed by atoms with E-state index in [0.717, 1.165) is 12.2 Å². The lowest BCUT2D eigenvalue weighted by Gasteiger charge is -2.19. The van der Waals surface area contributed by atoms with Crippen molar-refractivity contribution in [1.82, 2.24) is 0 Å². The summed E-state index contributed by atoms with van der Waals surface area (Å²) >= 11 is 0. The third kappa shape index (κ3) is 6.61. The molecule has 2 aromatic rings. The minimum absolute atomic E-state index is 0.161. The van der Waals surface area contributed by atoms with Crippen molar-refractivity contribution in [2.75, 3.05) is 0 Å². The average molecular weight is 286 g/mol. The van der Waals surface area contributed by atoms with Crippen molar-refractivity contribution < 1.29 is 14.6 Å². The topological polar surface area (TPSA) is 46.5 Å². The average Bonchev–Trinajstić information content (AvgIpc) is 2.54. The monoisotopic (exact) mass is 286 g/mol. The highest BCUT2D eigenvalue weighted by Crippen LogP contribution is 2.26. The van der Waals surface area contributed by atoms with Gasteiger partial charge in [-0.1, -0.05) is 61.9 Å². The summed E-state index contributed by atoms with van der Waals surface area (Å²) < 4.78 is 6.10. The molecule has 2 rings (SSSR count). The molecule has 0 aliphatic rings. The van der Waals surface area contributed by atoms with Crippen molar-refractivity contribution in [2.24, 2.45) is 0 Å². The smallest absolute Gasteiger partial charge is 0.290 e. The van der Waals surface area contributed by atoms with Gasteiger partial charge in [0.2, 0.25) is 0 Å². The lowest BCUT2D eigenvalue weighted by atomic mass is 10.0. The van der Waals surface area contributed by atoms with Gasteiger partial charge in [-0.15, -0.1) is 0 Å². The molecule has 0 heterocycles. The van der Waals surface area contributed by atoms with Gasteiger partial charge >= 0.3 is 0 Å². The molecular formula is C18H22O3. The van der Waals surface area contributed by atoms with Crippen molar-refractivity contribution in [3.8, 4) is 5.75 Å². The predicted octanol–water partition coefficient (Wildman–Crippen LogP) is 4.70. The second-order valence-electron chi connectivity index (χ2n) is 4.58. The number of carbonyl (C=O) groups is 1. The number of carboxylic acid groups (broad SMARTS) is 1. The van der Waals surface area contributed by atoms with E-state index in [1.807, 2.05) is 36.4 Å². The van der Waals surface area contributed by atoms with Gasteiger partial charge in [0, 0.05) is 0 Å². The standard InChI is InChI=1S/C17H20O.CH2O2/c1-2-3-14-17(15-10-6-4-7-11-15)18-16-12-8-5-9-13-16;2-1-3/h4-13,17H,2-3,14H2,1H3;1H,(H,2,3). The maximum Gasteiger partial charge on any atom is 0.290 e. The molecule has 0 aromatic heterocycles. The van der Waals surface area contributed by atoms with Crippen LogP contribution < -0.4 is 4.74 Å². The third-order valence-electron chi connectivity index (χ3n) is 3.01. The molecule has 0 amide bonds. The van der Waals surface area contributed by atoms with Crippen molar-refractivity contribution in [2.45, 2.75) is 32.3 Å². The third-order valence-corrected chi connectivity index (χ3v) is 3.01. The van der Waals surface area contributed by atoms with Crippen LogP contribution in [0, 0.1) is 0 Å². The Morgan fingerprint density at radius 3 is 2.10 bits per heavy atom. The van der Waals surface area contributed by atoms with Crippen LogP contribution in [0.4, 0.5) is 0 Å². The number of para-hydroxylation sites is 1. The van der Waals surface area contributed by atoms with Crippen LogP contribution in [0.3, 0.4) is 0 Å². The van der Waals surface area contributed by atoms with E-state index in [-0.39, 0.29) is 12.6 Å². The highest BCUT2D eigenvalue weighted by Gasteiger charge is 2.12. The summed E-state index contributed by atoms with van der Waals surface area (Å²) in [5.74, 6) is 0.947. The van der Waals surface area contributed by atoms with Gasteiger partial charge in [0.1, 0.15) is 11.9 Å². The second-order valence-corrected chi connectivity index (χ2v) is 4.58. The first-order chi connectivity index (χ1) is 10.3. The Morgan fingerprint density at radius 1 is 1.05 bits per heavy atom. The molecule has 0 spiro atoms. The SMILES string of the molecule is CCCCC(Oc1ccccc1)c1ccccc1.O=CO. The van der Waals surface area contributed by atoms with E-state index in [0.29, 0.717) is 0 Å². The molecule has 0 radical (unpaired) electrons. The fourth-order valence-electron chi connectivity index (χ4n) is 2.01. The zero-order valence-electron chi connectivity index (χ0n) is 12.3. The van der Waals surface area contributed by atoms with Crippen LogP contribution in [-0.4, -0.2) is 11.6 Å². The lowest BCUT2D eigenvalue weighted by molar-refractivity contribution is -0.122. The molecule has 1 N–H and O–H groups in total.